The monoisotopic (exact) mass is 209 g/mol. The zero-order valence-corrected chi connectivity index (χ0v) is 10.5. The fraction of sp³-hybridized carbons (Fsp3) is 1.00. The Labute approximate surface area is 95.0 Å². The highest BCUT2D eigenvalue weighted by Crippen LogP contribution is 2.46. The average Bonchev–Trinajstić information content (AvgIpc) is 2.17. The summed E-state index contributed by atoms with van der Waals surface area (Å²) in [4.78, 5) is 0. The van der Waals surface area contributed by atoms with E-state index in [-0.39, 0.29) is 0 Å². The molecule has 1 N–H and O–H groups in total. The van der Waals surface area contributed by atoms with Gasteiger partial charge in [-0.25, -0.2) is 0 Å². The van der Waals surface area contributed by atoms with Crippen LogP contribution in [0.25, 0.3) is 0 Å². The minimum atomic E-state index is 1.00. The fourth-order valence-corrected chi connectivity index (χ4v) is 3.67. The predicted octanol–water partition coefficient (Wildman–Crippen LogP) is 3.45. The molecule has 0 aromatic carbocycles. The SMILES string of the molecule is CCNCC1CCC1C1CCCC(C)C1. The Morgan fingerprint density at radius 3 is 2.60 bits per heavy atom. The first kappa shape index (κ1) is 11.4. The van der Waals surface area contributed by atoms with Crippen LogP contribution in [0.15, 0.2) is 0 Å². The van der Waals surface area contributed by atoms with Crippen LogP contribution in [0.4, 0.5) is 0 Å². The van der Waals surface area contributed by atoms with Crippen LogP contribution in [-0.2, 0) is 0 Å². The second kappa shape index (κ2) is 5.34. The van der Waals surface area contributed by atoms with Crippen LogP contribution in [0.1, 0.15) is 52.4 Å². The van der Waals surface area contributed by atoms with Crippen molar-refractivity contribution in [2.24, 2.45) is 23.7 Å². The van der Waals surface area contributed by atoms with E-state index >= 15 is 0 Å². The Bertz CT molecular complexity index is 190. The molecule has 2 fully saturated rings. The molecule has 0 amide bonds. The Kier molecular flexibility index (Phi) is 4.07. The molecule has 2 aliphatic rings. The van der Waals surface area contributed by atoms with Gasteiger partial charge >= 0.3 is 0 Å². The lowest BCUT2D eigenvalue weighted by Gasteiger charge is -2.45. The molecular weight excluding hydrogens is 182 g/mol. The van der Waals surface area contributed by atoms with Gasteiger partial charge in [0.05, 0.1) is 0 Å². The molecule has 0 spiro atoms. The highest BCUT2D eigenvalue weighted by Gasteiger charge is 2.37. The molecule has 1 nitrogen and oxygen atoms in total. The van der Waals surface area contributed by atoms with Crippen molar-refractivity contribution in [3.05, 3.63) is 0 Å². The van der Waals surface area contributed by atoms with Crippen LogP contribution >= 0.6 is 0 Å². The second-order valence-electron chi connectivity index (χ2n) is 5.84. The normalized spacial score (nSPS) is 41.2. The summed E-state index contributed by atoms with van der Waals surface area (Å²) in [6.07, 6.45) is 9.04. The molecule has 0 aromatic rings. The van der Waals surface area contributed by atoms with E-state index in [0.29, 0.717) is 0 Å². The molecule has 4 unspecified atom stereocenters. The van der Waals surface area contributed by atoms with Crippen LogP contribution in [-0.4, -0.2) is 13.1 Å². The molecule has 0 radical (unpaired) electrons. The highest BCUT2D eigenvalue weighted by atomic mass is 14.9. The topological polar surface area (TPSA) is 12.0 Å². The van der Waals surface area contributed by atoms with E-state index < -0.39 is 0 Å². The molecule has 0 aliphatic heterocycles. The molecule has 2 aliphatic carbocycles. The average molecular weight is 209 g/mol. The van der Waals surface area contributed by atoms with Crippen molar-refractivity contribution in [3.63, 3.8) is 0 Å². The zero-order chi connectivity index (χ0) is 10.7. The molecule has 2 saturated carbocycles. The van der Waals surface area contributed by atoms with Gasteiger partial charge in [0.25, 0.3) is 0 Å². The van der Waals surface area contributed by atoms with Crippen molar-refractivity contribution in [1.29, 1.82) is 0 Å². The number of rotatable bonds is 4. The first-order valence-corrected chi connectivity index (χ1v) is 7.02. The van der Waals surface area contributed by atoms with E-state index in [1.807, 2.05) is 0 Å². The Hall–Kier alpha value is -0.0400. The van der Waals surface area contributed by atoms with E-state index in [4.69, 9.17) is 0 Å². The zero-order valence-electron chi connectivity index (χ0n) is 10.5. The molecule has 0 saturated heterocycles. The lowest BCUT2D eigenvalue weighted by atomic mass is 9.62. The summed E-state index contributed by atoms with van der Waals surface area (Å²) in [5.41, 5.74) is 0. The van der Waals surface area contributed by atoms with Gasteiger partial charge in [0.2, 0.25) is 0 Å². The van der Waals surface area contributed by atoms with Gasteiger partial charge in [-0.2, -0.15) is 0 Å². The largest absolute Gasteiger partial charge is 0.317 e. The van der Waals surface area contributed by atoms with Gasteiger partial charge in [-0.3, -0.25) is 0 Å². The maximum Gasteiger partial charge on any atom is -0.00179 e. The number of nitrogens with one attached hydrogen (secondary N) is 1. The Morgan fingerprint density at radius 2 is 2.00 bits per heavy atom. The first-order valence-electron chi connectivity index (χ1n) is 7.02. The molecule has 1 heteroatoms. The fourth-order valence-electron chi connectivity index (χ4n) is 3.67. The van der Waals surface area contributed by atoms with E-state index in [1.54, 1.807) is 0 Å². The van der Waals surface area contributed by atoms with Crippen molar-refractivity contribution in [1.82, 2.24) is 5.32 Å². The summed E-state index contributed by atoms with van der Waals surface area (Å²) in [5, 5.41) is 3.53. The summed E-state index contributed by atoms with van der Waals surface area (Å²) >= 11 is 0. The van der Waals surface area contributed by atoms with Crippen molar-refractivity contribution >= 4 is 0 Å². The number of hydrogen-bond donors (Lipinski definition) is 1. The van der Waals surface area contributed by atoms with Crippen LogP contribution < -0.4 is 5.32 Å². The highest BCUT2D eigenvalue weighted by molar-refractivity contribution is 4.89. The van der Waals surface area contributed by atoms with Gasteiger partial charge < -0.3 is 5.32 Å². The molecule has 0 bridgehead atoms. The lowest BCUT2D eigenvalue weighted by molar-refractivity contribution is 0.0659. The molecule has 4 atom stereocenters. The minimum absolute atomic E-state index is 1.00. The molecule has 15 heavy (non-hydrogen) atoms. The summed E-state index contributed by atoms with van der Waals surface area (Å²) in [5.74, 6) is 4.17. The standard InChI is InChI=1S/C14H27N/c1-3-15-10-13-7-8-14(13)12-6-4-5-11(2)9-12/h11-15H,3-10H2,1-2H3. The molecule has 2 rings (SSSR count). The summed E-state index contributed by atoms with van der Waals surface area (Å²) in [7, 11) is 0. The van der Waals surface area contributed by atoms with Crippen LogP contribution in [0.2, 0.25) is 0 Å². The second-order valence-corrected chi connectivity index (χ2v) is 5.84. The van der Waals surface area contributed by atoms with Crippen LogP contribution in [0, 0.1) is 23.7 Å². The maximum atomic E-state index is 3.53. The van der Waals surface area contributed by atoms with Gasteiger partial charge in [0, 0.05) is 0 Å². The van der Waals surface area contributed by atoms with Gasteiger partial charge in [0.15, 0.2) is 0 Å². The summed E-state index contributed by atoms with van der Waals surface area (Å²) in [6.45, 7) is 7.09. The van der Waals surface area contributed by atoms with Gasteiger partial charge in [-0.1, -0.05) is 33.1 Å². The first-order chi connectivity index (χ1) is 7.31. The van der Waals surface area contributed by atoms with E-state index in [2.05, 4.69) is 19.2 Å². The Morgan fingerprint density at radius 1 is 1.13 bits per heavy atom. The van der Waals surface area contributed by atoms with Gasteiger partial charge in [-0.15, -0.1) is 0 Å². The van der Waals surface area contributed by atoms with Gasteiger partial charge in [-0.05, 0) is 56.0 Å². The van der Waals surface area contributed by atoms with Crippen LogP contribution in [0.5, 0.6) is 0 Å². The summed E-state index contributed by atoms with van der Waals surface area (Å²) in [6, 6.07) is 0. The van der Waals surface area contributed by atoms with Crippen LogP contribution in [0.3, 0.4) is 0 Å². The maximum absolute atomic E-state index is 3.53. The van der Waals surface area contributed by atoms with Crippen molar-refractivity contribution in [2.75, 3.05) is 13.1 Å². The van der Waals surface area contributed by atoms with E-state index in [0.717, 1.165) is 30.2 Å². The van der Waals surface area contributed by atoms with E-state index in [1.165, 1.54) is 45.1 Å². The number of hydrogen-bond acceptors (Lipinski definition) is 1. The third-order valence-corrected chi connectivity index (χ3v) is 4.72. The third kappa shape index (κ3) is 2.75. The molecule has 88 valence electrons. The molecular formula is C14H27N. The van der Waals surface area contributed by atoms with Crippen molar-refractivity contribution < 1.29 is 0 Å². The van der Waals surface area contributed by atoms with Crippen molar-refractivity contribution in [3.8, 4) is 0 Å². The molecule has 0 heterocycles. The van der Waals surface area contributed by atoms with Crippen molar-refractivity contribution in [2.45, 2.75) is 52.4 Å². The quantitative estimate of drug-likeness (QED) is 0.748. The summed E-state index contributed by atoms with van der Waals surface area (Å²) < 4.78 is 0. The Balaban J connectivity index is 1.77. The van der Waals surface area contributed by atoms with E-state index in [9.17, 15) is 0 Å². The predicted molar refractivity (Wildman–Crippen MR) is 65.9 cm³/mol. The lowest BCUT2D eigenvalue weighted by Crippen LogP contribution is -2.40. The molecule has 0 aromatic heterocycles. The third-order valence-electron chi connectivity index (χ3n) is 4.72. The smallest absolute Gasteiger partial charge is 0.00179 e. The van der Waals surface area contributed by atoms with Gasteiger partial charge in [0.1, 0.15) is 0 Å². The minimum Gasteiger partial charge on any atom is -0.317 e.